The Hall–Kier alpha value is -3.80. The third-order valence-electron chi connectivity index (χ3n) is 5.03. The molecule has 3 aromatic rings. The number of carbonyl (C=O) groups is 2. The van der Waals surface area contributed by atoms with Crippen LogP contribution in [0, 0.1) is 5.92 Å². The van der Waals surface area contributed by atoms with Gasteiger partial charge in [0.1, 0.15) is 30.5 Å². The summed E-state index contributed by atoms with van der Waals surface area (Å²) in [6.45, 7) is 0.698. The Kier molecular flexibility index (Phi) is 6.17. The number of rotatable bonds is 7. The van der Waals surface area contributed by atoms with Gasteiger partial charge in [0.15, 0.2) is 5.92 Å². The molecule has 6 heteroatoms. The summed E-state index contributed by atoms with van der Waals surface area (Å²) in [5, 5.41) is 0. The lowest BCUT2D eigenvalue weighted by molar-refractivity contribution is -0.156. The highest BCUT2D eigenvalue weighted by molar-refractivity contribution is 5.97. The van der Waals surface area contributed by atoms with Crippen LogP contribution in [0.5, 0.6) is 17.2 Å². The van der Waals surface area contributed by atoms with Gasteiger partial charge in [0.2, 0.25) is 0 Å². The van der Waals surface area contributed by atoms with Crippen molar-refractivity contribution < 1.29 is 28.5 Å². The van der Waals surface area contributed by atoms with Gasteiger partial charge < -0.3 is 18.9 Å². The molecule has 1 aliphatic heterocycles. The molecule has 3 aromatic carbocycles. The summed E-state index contributed by atoms with van der Waals surface area (Å²) >= 11 is 0. The Balaban J connectivity index is 1.28. The van der Waals surface area contributed by atoms with Gasteiger partial charge in [-0.3, -0.25) is 9.59 Å². The summed E-state index contributed by atoms with van der Waals surface area (Å²) < 4.78 is 21.4. The van der Waals surface area contributed by atoms with Crippen LogP contribution >= 0.6 is 0 Å². The van der Waals surface area contributed by atoms with Gasteiger partial charge in [0.25, 0.3) is 0 Å². The lowest BCUT2D eigenvalue weighted by Gasteiger charge is -2.22. The Bertz CT molecular complexity index is 1060. The minimum atomic E-state index is -0.925. The minimum absolute atomic E-state index is 0.253. The average Bonchev–Trinajstić information content (AvgIpc) is 2.82. The maximum absolute atomic E-state index is 12.0. The monoisotopic (exact) mass is 418 g/mol. The van der Waals surface area contributed by atoms with Crippen LogP contribution in [0.2, 0.25) is 0 Å². The molecular formula is C25H22O6. The summed E-state index contributed by atoms with van der Waals surface area (Å²) in [4.78, 5) is 23.7. The Morgan fingerprint density at radius 3 is 2.26 bits per heavy atom. The van der Waals surface area contributed by atoms with Crippen LogP contribution in [0.15, 0.2) is 72.8 Å². The van der Waals surface area contributed by atoms with E-state index in [0.717, 1.165) is 22.4 Å². The second-order valence-corrected chi connectivity index (χ2v) is 7.06. The molecule has 158 valence electrons. The zero-order valence-electron chi connectivity index (χ0n) is 17.1. The van der Waals surface area contributed by atoms with E-state index in [4.69, 9.17) is 14.2 Å². The van der Waals surface area contributed by atoms with Crippen molar-refractivity contribution in [3.8, 4) is 28.4 Å². The third-order valence-corrected chi connectivity index (χ3v) is 5.03. The van der Waals surface area contributed by atoms with Crippen LogP contribution in [0.25, 0.3) is 11.1 Å². The summed E-state index contributed by atoms with van der Waals surface area (Å²) in [5.74, 6) is -0.405. The fraction of sp³-hybridized carbons (Fsp3) is 0.200. The van der Waals surface area contributed by atoms with Crippen LogP contribution in [0.3, 0.4) is 0 Å². The average molecular weight is 418 g/mol. The van der Waals surface area contributed by atoms with E-state index >= 15 is 0 Å². The second-order valence-electron chi connectivity index (χ2n) is 7.06. The van der Waals surface area contributed by atoms with Gasteiger partial charge in [-0.15, -0.1) is 0 Å². The standard InChI is InChI=1S/C25H22O6/c1-28-24(26)22-15-19-9-12-21(16-23(19)31-25(22)27)30-14-13-29-20-10-7-18(8-11-20)17-5-3-2-4-6-17/h2-12,16,22H,13-15H2,1H3. The lowest BCUT2D eigenvalue weighted by atomic mass is 9.96. The van der Waals surface area contributed by atoms with Crippen molar-refractivity contribution in [2.75, 3.05) is 20.3 Å². The maximum atomic E-state index is 12.0. The van der Waals surface area contributed by atoms with Crippen molar-refractivity contribution in [1.29, 1.82) is 0 Å². The number of hydrogen-bond acceptors (Lipinski definition) is 6. The number of ether oxygens (including phenoxy) is 4. The second kappa shape index (κ2) is 9.34. The lowest BCUT2D eigenvalue weighted by Crippen LogP contribution is -2.34. The first-order valence-electron chi connectivity index (χ1n) is 9.97. The number of carbonyl (C=O) groups excluding carboxylic acids is 2. The van der Waals surface area contributed by atoms with Crippen LogP contribution in [-0.4, -0.2) is 32.3 Å². The molecular weight excluding hydrogens is 396 g/mol. The van der Waals surface area contributed by atoms with E-state index in [-0.39, 0.29) is 6.42 Å². The van der Waals surface area contributed by atoms with E-state index in [1.807, 2.05) is 42.5 Å². The summed E-state index contributed by atoms with van der Waals surface area (Å²) in [5.41, 5.74) is 3.04. The number of fused-ring (bicyclic) bond motifs is 1. The van der Waals surface area contributed by atoms with Crippen molar-refractivity contribution in [2.24, 2.45) is 5.92 Å². The van der Waals surface area contributed by atoms with Gasteiger partial charge in [-0.25, -0.2) is 0 Å². The molecule has 4 rings (SSSR count). The van der Waals surface area contributed by atoms with E-state index in [1.54, 1.807) is 18.2 Å². The molecule has 0 radical (unpaired) electrons. The molecule has 31 heavy (non-hydrogen) atoms. The van der Waals surface area contributed by atoms with Crippen LogP contribution < -0.4 is 14.2 Å². The Morgan fingerprint density at radius 1 is 0.903 bits per heavy atom. The number of methoxy groups -OCH3 is 1. The normalized spacial score (nSPS) is 14.9. The van der Waals surface area contributed by atoms with Gasteiger partial charge in [0, 0.05) is 12.5 Å². The zero-order chi connectivity index (χ0) is 21.6. The highest BCUT2D eigenvalue weighted by atomic mass is 16.6. The molecule has 0 spiro atoms. The fourth-order valence-electron chi connectivity index (χ4n) is 3.39. The molecule has 0 amide bonds. The highest BCUT2D eigenvalue weighted by Crippen LogP contribution is 2.32. The molecule has 1 unspecified atom stereocenters. The van der Waals surface area contributed by atoms with Gasteiger partial charge in [-0.1, -0.05) is 48.5 Å². The van der Waals surface area contributed by atoms with Gasteiger partial charge in [0.05, 0.1) is 7.11 Å². The minimum Gasteiger partial charge on any atom is -0.490 e. The molecule has 1 heterocycles. The fourth-order valence-corrected chi connectivity index (χ4v) is 3.39. The molecule has 0 aliphatic carbocycles. The Labute approximate surface area is 180 Å². The summed E-state index contributed by atoms with van der Waals surface area (Å²) in [7, 11) is 1.25. The van der Waals surface area contributed by atoms with Crippen molar-refractivity contribution in [3.05, 3.63) is 78.4 Å². The molecule has 0 saturated carbocycles. The maximum Gasteiger partial charge on any atom is 0.326 e. The molecule has 1 atom stereocenters. The first-order chi connectivity index (χ1) is 15.1. The van der Waals surface area contributed by atoms with E-state index < -0.39 is 17.9 Å². The Morgan fingerprint density at radius 2 is 1.55 bits per heavy atom. The molecule has 0 bridgehead atoms. The largest absolute Gasteiger partial charge is 0.490 e. The van der Waals surface area contributed by atoms with Gasteiger partial charge >= 0.3 is 11.9 Å². The molecule has 6 nitrogen and oxygen atoms in total. The molecule has 1 aliphatic rings. The smallest absolute Gasteiger partial charge is 0.326 e. The number of hydrogen-bond donors (Lipinski definition) is 0. The topological polar surface area (TPSA) is 71.1 Å². The van der Waals surface area contributed by atoms with Crippen molar-refractivity contribution in [3.63, 3.8) is 0 Å². The van der Waals surface area contributed by atoms with Crippen molar-refractivity contribution in [2.45, 2.75) is 6.42 Å². The predicted octanol–water partition coefficient (Wildman–Crippen LogP) is 4.06. The van der Waals surface area contributed by atoms with Crippen LogP contribution in [0.4, 0.5) is 0 Å². The SMILES string of the molecule is COC(=O)C1Cc2ccc(OCCOc3ccc(-c4ccccc4)cc3)cc2OC1=O. The van der Waals surface area contributed by atoms with E-state index in [1.165, 1.54) is 7.11 Å². The number of benzene rings is 3. The predicted molar refractivity (Wildman–Crippen MR) is 114 cm³/mol. The van der Waals surface area contributed by atoms with Gasteiger partial charge in [-0.05, 0) is 34.9 Å². The summed E-state index contributed by atoms with van der Waals surface area (Å²) in [6, 6.07) is 23.3. The molecule has 0 saturated heterocycles. The first kappa shape index (κ1) is 20.5. The van der Waals surface area contributed by atoms with Gasteiger partial charge in [-0.2, -0.15) is 0 Å². The van der Waals surface area contributed by atoms with E-state index in [0.29, 0.717) is 24.7 Å². The quantitative estimate of drug-likeness (QED) is 0.249. The van der Waals surface area contributed by atoms with Crippen molar-refractivity contribution in [1.82, 2.24) is 0 Å². The third kappa shape index (κ3) is 4.86. The van der Waals surface area contributed by atoms with E-state index in [9.17, 15) is 9.59 Å². The molecule has 0 fully saturated rings. The molecule has 0 aromatic heterocycles. The number of esters is 2. The first-order valence-corrected chi connectivity index (χ1v) is 9.97. The van der Waals surface area contributed by atoms with Crippen molar-refractivity contribution >= 4 is 11.9 Å². The highest BCUT2D eigenvalue weighted by Gasteiger charge is 2.35. The van der Waals surface area contributed by atoms with Crippen LogP contribution in [0.1, 0.15) is 5.56 Å². The zero-order valence-corrected chi connectivity index (χ0v) is 17.1. The molecule has 0 N–H and O–H groups in total. The van der Waals surface area contributed by atoms with Crippen LogP contribution in [-0.2, 0) is 20.7 Å². The van der Waals surface area contributed by atoms with E-state index in [2.05, 4.69) is 16.9 Å². The summed E-state index contributed by atoms with van der Waals surface area (Å²) in [6.07, 6.45) is 0.253.